The van der Waals surface area contributed by atoms with Crippen molar-refractivity contribution in [3.05, 3.63) is 23.5 Å². The number of furan rings is 1. The zero-order valence-electron chi connectivity index (χ0n) is 20.3. The van der Waals surface area contributed by atoms with Crippen LogP contribution in [0.2, 0.25) is 0 Å². The van der Waals surface area contributed by atoms with Crippen molar-refractivity contribution in [2.24, 2.45) is 0 Å². The van der Waals surface area contributed by atoms with Gasteiger partial charge < -0.3 is 54.0 Å². The molecule has 0 radical (unpaired) electrons. The van der Waals surface area contributed by atoms with E-state index in [1.54, 1.807) is 13.0 Å². The fraction of sp³-hybridized carbons (Fsp3) is 0.625. The predicted octanol–water partition coefficient (Wildman–Crippen LogP) is -0.597. The average molecular weight is 515 g/mol. The number of esters is 1. The standard InChI is InChI=1S/C24H34O12/c1-3-33-17(28)5-4-13-10-15-14(6-8-25)12-34-20(15)21(32-2)19(13)36-23-24(31,7-9-26)22(30)18(29)16(11-27)35-23/h10,12,16,18,22-23,25-27,29-31H,3-9,11H2,1-2H3/t16-,18-,22+,23+,24-/m1/s1. The van der Waals surface area contributed by atoms with Crippen molar-refractivity contribution in [1.29, 1.82) is 0 Å². The van der Waals surface area contributed by atoms with Gasteiger partial charge in [0.2, 0.25) is 12.0 Å². The van der Waals surface area contributed by atoms with Gasteiger partial charge in [0.15, 0.2) is 16.9 Å². The molecule has 5 atom stereocenters. The second kappa shape index (κ2) is 12.2. The molecular formula is C24H34O12. The number of carbonyl (C=O) groups is 1. The molecule has 3 rings (SSSR count). The van der Waals surface area contributed by atoms with Crippen molar-refractivity contribution in [3.63, 3.8) is 0 Å². The summed E-state index contributed by atoms with van der Waals surface area (Å²) >= 11 is 0. The van der Waals surface area contributed by atoms with E-state index in [1.165, 1.54) is 13.4 Å². The molecule has 1 aromatic heterocycles. The Morgan fingerprint density at radius 1 is 1.11 bits per heavy atom. The van der Waals surface area contributed by atoms with Gasteiger partial charge in [0.1, 0.15) is 18.3 Å². The largest absolute Gasteiger partial charge is 0.490 e. The van der Waals surface area contributed by atoms with Gasteiger partial charge in [-0.3, -0.25) is 4.79 Å². The maximum Gasteiger partial charge on any atom is 0.306 e. The Morgan fingerprint density at radius 2 is 1.86 bits per heavy atom. The third-order valence-electron chi connectivity index (χ3n) is 6.26. The Labute approximate surface area is 207 Å². The zero-order chi connectivity index (χ0) is 26.5. The van der Waals surface area contributed by atoms with Crippen molar-refractivity contribution in [1.82, 2.24) is 0 Å². The summed E-state index contributed by atoms with van der Waals surface area (Å²) in [4.78, 5) is 12.1. The molecule has 0 bridgehead atoms. The lowest BCUT2D eigenvalue weighted by Gasteiger charge is -2.47. The van der Waals surface area contributed by atoms with Gasteiger partial charge in [-0.1, -0.05) is 0 Å². The van der Waals surface area contributed by atoms with Crippen LogP contribution >= 0.6 is 0 Å². The summed E-state index contributed by atoms with van der Waals surface area (Å²) in [5, 5.41) is 61.3. The lowest BCUT2D eigenvalue weighted by molar-refractivity contribution is -0.323. The Kier molecular flexibility index (Phi) is 9.53. The highest BCUT2D eigenvalue weighted by molar-refractivity contribution is 5.90. The Hall–Kier alpha value is -2.45. The fourth-order valence-corrected chi connectivity index (χ4v) is 4.34. The van der Waals surface area contributed by atoms with E-state index in [0.29, 0.717) is 22.9 Å². The van der Waals surface area contributed by atoms with Crippen LogP contribution in [-0.4, -0.2) is 100 Å². The molecule has 0 saturated carbocycles. The molecule has 0 spiro atoms. The first-order valence-electron chi connectivity index (χ1n) is 11.7. The van der Waals surface area contributed by atoms with Crippen molar-refractivity contribution in [2.75, 3.05) is 33.5 Å². The third kappa shape index (κ3) is 5.44. The molecule has 0 amide bonds. The Bertz CT molecular complexity index is 1020. The van der Waals surface area contributed by atoms with Gasteiger partial charge in [0.25, 0.3) is 0 Å². The second-order valence-electron chi connectivity index (χ2n) is 8.52. The number of benzene rings is 1. The highest BCUT2D eigenvalue weighted by atomic mass is 16.7. The first-order chi connectivity index (χ1) is 17.2. The van der Waals surface area contributed by atoms with Crippen LogP contribution in [0.4, 0.5) is 0 Å². The SMILES string of the molecule is CCOC(=O)CCc1cc2c(CCO)coc2c(OC)c1O[C@@H]1O[C@H](CO)[C@@H](O)[C@H](O)[C@]1(O)CCO. The first kappa shape index (κ1) is 28.1. The molecule has 12 nitrogen and oxygen atoms in total. The van der Waals surface area contributed by atoms with Crippen LogP contribution in [0.15, 0.2) is 16.7 Å². The van der Waals surface area contributed by atoms with E-state index in [2.05, 4.69) is 0 Å². The summed E-state index contributed by atoms with van der Waals surface area (Å²) < 4.78 is 27.9. The maximum atomic E-state index is 12.1. The zero-order valence-corrected chi connectivity index (χ0v) is 20.3. The number of fused-ring (bicyclic) bond motifs is 1. The van der Waals surface area contributed by atoms with Crippen LogP contribution in [0.1, 0.15) is 30.9 Å². The Balaban J connectivity index is 2.11. The van der Waals surface area contributed by atoms with E-state index in [9.17, 15) is 35.4 Å². The van der Waals surface area contributed by atoms with Gasteiger partial charge >= 0.3 is 5.97 Å². The number of aliphatic hydroxyl groups is 6. The minimum Gasteiger partial charge on any atom is -0.490 e. The molecule has 1 aromatic carbocycles. The molecule has 0 unspecified atom stereocenters. The molecule has 1 fully saturated rings. The van der Waals surface area contributed by atoms with Gasteiger partial charge in [-0.15, -0.1) is 0 Å². The van der Waals surface area contributed by atoms with E-state index in [4.69, 9.17) is 23.4 Å². The van der Waals surface area contributed by atoms with Crippen molar-refractivity contribution in [3.8, 4) is 11.5 Å². The van der Waals surface area contributed by atoms with E-state index in [0.717, 1.165) is 0 Å². The smallest absolute Gasteiger partial charge is 0.306 e. The summed E-state index contributed by atoms with van der Waals surface area (Å²) in [6, 6.07) is 1.70. The van der Waals surface area contributed by atoms with Crippen molar-refractivity contribution in [2.45, 2.75) is 62.8 Å². The number of aryl methyl sites for hydroxylation is 1. The molecule has 1 saturated heterocycles. The lowest BCUT2D eigenvalue weighted by atomic mass is 9.84. The molecule has 36 heavy (non-hydrogen) atoms. The van der Waals surface area contributed by atoms with E-state index in [1.807, 2.05) is 0 Å². The number of rotatable bonds is 12. The Morgan fingerprint density at radius 3 is 2.47 bits per heavy atom. The van der Waals surface area contributed by atoms with Crippen LogP contribution in [-0.2, 0) is 27.1 Å². The van der Waals surface area contributed by atoms with Gasteiger partial charge in [-0.2, -0.15) is 0 Å². The molecule has 2 heterocycles. The van der Waals surface area contributed by atoms with Crippen LogP contribution in [0.3, 0.4) is 0 Å². The molecule has 0 aliphatic carbocycles. The quantitative estimate of drug-likeness (QED) is 0.198. The topological polar surface area (TPSA) is 189 Å². The third-order valence-corrected chi connectivity index (χ3v) is 6.26. The van der Waals surface area contributed by atoms with Crippen LogP contribution in [0.25, 0.3) is 11.0 Å². The molecule has 1 aliphatic heterocycles. The summed E-state index contributed by atoms with van der Waals surface area (Å²) in [6.45, 7) is 0.525. The number of hydrogen-bond donors (Lipinski definition) is 6. The summed E-state index contributed by atoms with van der Waals surface area (Å²) in [5.41, 5.74) is -0.844. The fourth-order valence-electron chi connectivity index (χ4n) is 4.34. The maximum absolute atomic E-state index is 12.1. The number of ether oxygens (including phenoxy) is 4. The number of carbonyl (C=O) groups excluding carboxylic acids is 1. The average Bonchev–Trinajstić information content (AvgIpc) is 3.25. The molecule has 12 heteroatoms. The van der Waals surface area contributed by atoms with Gasteiger partial charge in [-0.05, 0) is 31.4 Å². The summed E-state index contributed by atoms with van der Waals surface area (Å²) in [5.74, 6) is -0.317. The van der Waals surface area contributed by atoms with Crippen molar-refractivity contribution >= 4 is 16.9 Å². The van der Waals surface area contributed by atoms with Gasteiger partial charge in [-0.25, -0.2) is 0 Å². The van der Waals surface area contributed by atoms with Crippen LogP contribution < -0.4 is 9.47 Å². The number of methoxy groups -OCH3 is 1. The summed E-state index contributed by atoms with van der Waals surface area (Å²) in [6.07, 6.45) is -4.95. The molecular weight excluding hydrogens is 480 g/mol. The number of aliphatic hydroxyl groups excluding tert-OH is 5. The van der Waals surface area contributed by atoms with Gasteiger partial charge in [0, 0.05) is 37.0 Å². The van der Waals surface area contributed by atoms with E-state index in [-0.39, 0.29) is 43.1 Å². The van der Waals surface area contributed by atoms with Crippen LogP contribution in [0.5, 0.6) is 11.5 Å². The molecule has 6 N–H and O–H groups in total. The van der Waals surface area contributed by atoms with Crippen molar-refractivity contribution < 1.29 is 58.8 Å². The molecule has 1 aliphatic rings. The van der Waals surface area contributed by atoms with E-state index < -0.39 is 55.8 Å². The second-order valence-corrected chi connectivity index (χ2v) is 8.52. The normalized spacial score (nSPS) is 26.2. The number of hydrogen-bond acceptors (Lipinski definition) is 12. The minimum absolute atomic E-state index is 0.0148. The highest BCUT2D eigenvalue weighted by Gasteiger charge is 2.56. The van der Waals surface area contributed by atoms with Crippen LogP contribution in [0, 0.1) is 0 Å². The highest BCUT2D eigenvalue weighted by Crippen LogP contribution is 2.44. The monoisotopic (exact) mass is 514 g/mol. The van der Waals surface area contributed by atoms with Gasteiger partial charge in [0.05, 0.1) is 26.6 Å². The molecule has 202 valence electrons. The summed E-state index contributed by atoms with van der Waals surface area (Å²) in [7, 11) is 1.36. The minimum atomic E-state index is -2.26. The van der Waals surface area contributed by atoms with E-state index >= 15 is 0 Å². The molecule has 2 aromatic rings. The lowest BCUT2D eigenvalue weighted by Crippen LogP contribution is -2.68. The first-order valence-corrected chi connectivity index (χ1v) is 11.7. The predicted molar refractivity (Wildman–Crippen MR) is 124 cm³/mol.